The van der Waals surface area contributed by atoms with Crippen molar-refractivity contribution in [3.8, 4) is 5.75 Å². The summed E-state index contributed by atoms with van der Waals surface area (Å²) in [5.74, 6) is 0.412. The van der Waals surface area contributed by atoms with Gasteiger partial charge in [-0.3, -0.25) is 4.79 Å². The average molecular weight is 355 g/mol. The van der Waals surface area contributed by atoms with E-state index in [0.717, 1.165) is 12.2 Å². The van der Waals surface area contributed by atoms with Crippen LogP contribution in [0.4, 0.5) is 0 Å². The number of ether oxygens (including phenoxy) is 1. The number of aliphatic carboxylic acids is 1. The van der Waals surface area contributed by atoms with Gasteiger partial charge in [-0.25, -0.2) is 0 Å². The predicted molar refractivity (Wildman–Crippen MR) is 105 cm³/mol. The maximum absolute atomic E-state index is 11.0. The summed E-state index contributed by atoms with van der Waals surface area (Å²) in [6.45, 7) is 4.35. The lowest BCUT2D eigenvalue weighted by atomic mass is 9.92. The number of methoxy groups -OCH3 is 1. The lowest BCUT2D eigenvalue weighted by molar-refractivity contribution is -0.137. The summed E-state index contributed by atoms with van der Waals surface area (Å²) in [7, 11) is 1.67. The van der Waals surface area contributed by atoms with Gasteiger partial charge in [0.05, 0.1) is 7.11 Å². The molecular formula is C22H29NO3. The molecule has 0 aliphatic heterocycles. The molecule has 0 aliphatic carbocycles. The molecule has 4 heteroatoms. The fourth-order valence-corrected chi connectivity index (χ4v) is 3.15. The summed E-state index contributed by atoms with van der Waals surface area (Å²) >= 11 is 0. The topological polar surface area (TPSA) is 58.6 Å². The van der Waals surface area contributed by atoms with Gasteiger partial charge in [0.1, 0.15) is 5.75 Å². The molecule has 2 N–H and O–H groups in total. The van der Waals surface area contributed by atoms with Crippen molar-refractivity contribution in [1.29, 1.82) is 0 Å². The monoisotopic (exact) mass is 355 g/mol. The number of hydrogen-bond donors (Lipinski definition) is 2. The quantitative estimate of drug-likeness (QED) is 0.669. The molecule has 2 rings (SSSR count). The number of benzene rings is 2. The lowest BCUT2D eigenvalue weighted by Crippen LogP contribution is -2.41. The summed E-state index contributed by atoms with van der Waals surface area (Å²) in [6, 6.07) is 18.7. The molecule has 3 unspecified atom stereocenters. The van der Waals surface area contributed by atoms with Gasteiger partial charge in [-0.2, -0.15) is 0 Å². The summed E-state index contributed by atoms with van der Waals surface area (Å²) in [5, 5.41) is 12.7. The molecule has 3 atom stereocenters. The van der Waals surface area contributed by atoms with Gasteiger partial charge in [-0.15, -0.1) is 0 Å². The van der Waals surface area contributed by atoms with E-state index in [4.69, 9.17) is 9.84 Å². The molecule has 4 nitrogen and oxygen atoms in total. The van der Waals surface area contributed by atoms with E-state index in [2.05, 4.69) is 43.4 Å². The molecule has 26 heavy (non-hydrogen) atoms. The molecular weight excluding hydrogens is 326 g/mol. The van der Waals surface area contributed by atoms with Gasteiger partial charge >= 0.3 is 5.97 Å². The van der Waals surface area contributed by atoms with Crippen LogP contribution in [0.3, 0.4) is 0 Å². The molecule has 2 aromatic carbocycles. The van der Waals surface area contributed by atoms with Crippen LogP contribution < -0.4 is 10.1 Å². The van der Waals surface area contributed by atoms with Crippen LogP contribution in [-0.2, 0) is 11.2 Å². The third kappa shape index (κ3) is 6.19. The van der Waals surface area contributed by atoms with Gasteiger partial charge < -0.3 is 15.2 Å². The zero-order valence-electron chi connectivity index (χ0n) is 15.8. The standard InChI is InChI=1S/C22H29NO3/c1-16(19-9-12-21(26-3)13-10-19)17(2)23-20(11-14-22(24)25)15-18-7-5-4-6-8-18/h4-10,12-13,16-17,20,23H,11,14-15H2,1-3H3,(H,24,25). The van der Waals surface area contributed by atoms with Gasteiger partial charge in [-0.1, -0.05) is 49.4 Å². The Morgan fingerprint density at radius 3 is 2.31 bits per heavy atom. The van der Waals surface area contributed by atoms with Crippen molar-refractivity contribution < 1.29 is 14.6 Å². The molecule has 0 heterocycles. The second-order valence-corrected chi connectivity index (χ2v) is 6.84. The van der Waals surface area contributed by atoms with Crippen molar-refractivity contribution in [3.63, 3.8) is 0 Å². The van der Waals surface area contributed by atoms with E-state index in [-0.39, 0.29) is 18.5 Å². The number of carbonyl (C=O) groups is 1. The third-order valence-corrected chi connectivity index (χ3v) is 4.92. The first-order valence-corrected chi connectivity index (χ1v) is 9.15. The van der Waals surface area contributed by atoms with E-state index in [1.165, 1.54) is 11.1 Å². The van der Waals surface area contributed by atoms with Crippen molar-refractivity contribution in [3.05, 3.63) is 65.7 Å². The molecule has 2 aromatic rings. The molecule has 0 radical (unpaired) electrons. The Balaban J connectivity index is 2.02. The minimum absolute atomic E-state index is 0.129. The maximum atomic E-state index is 11.0. The highest BCUT2D eigenvalue weighted by molar-refractivity contribution is 5.66. The van der Waals surface area contributed by atoms with Crippen molar-refractivity contribution in [1.82, 2.24) is 5.32 Å². The van der Waals surface area contributed by atoms with Crippen LogP contribution in [0.5, 0.6) is 5.75 Å². The zero-order valence-corrected chi connectivity index (χ0v) is 15.8. The Morgan fingerprint density at radius 1 is 1.08 bits per heavy atom. The minimum Gasteiger partial charge on any atom is -0.497 e. The van der Waals surface area contributed by atoms with Gasteiger partial charge in [0.15, 0.2) is 0 Å². The number of hydrogen-bond acceptors (Lipinski definition) is 3. The van der Waals surface area contributed by atoms with E-state index in [9.17, 15) is 4.79 Å². The normalized spacial score (nSPS) is 14.4. The SMILES string of the molecule is COc1ccc(C(C)C(C)NC(CCC(=O)O)Cc2ccccc2)cc1. The fourth-order valence-electron chi connectivity index (χ4n) is 3.15. The Hall–Kier alpha value is -2.33. The highest BCUT2D eigenvalue weighted by Crippen LogP contribution is 2.23. The molecule has 0 spiro atoms. The molecule has 140 valence electrons. The smallest absolute Gasteiger partial charge is 0.303 e. The lowest BCUT2D eigenvalue weighted by Gasteiger charge is -2.28. The first kappa shape index (κ1) is 20.0. The first-order chi connectivity index (χ1) is 12.5. The van der Waals surface area contributed by atoms with E-state index < -0.39 is 5.97 Å². The van der Waals surface area contributed by atoms with Crippen LogP contribution in [0.25, 0.3) is 0 Å². The molecule has 0 amide bonds. The van der Waals surface area contributed by atoms with Gasteiger partial charge in [0, 0.05) is 18.5 Å². The minimum atomic E-state index is -0.749. The Kier molecular flexibility index (Phi) is 7.67. The Morgan fingerprint density at radius 2 is 1.73 bits per heavy atom. The maximum Gasteiger partial charge on any atom is 0.303 e. The average Bonchev–Trinajstić information content (AvgIpc) is 2.66. The molecule has 0 aromatic heterocycles. The first-order valence-electron chi connectivity index (χ1n) is 9.15. The number of nitrogens with one attached hydrogen (secondary N) is 1. The van der Waals surface area contributed by atoms with Crippen LogP contribution in [0.15, 0.2) is 54.6 Å². The van der Waals surface area contributed by atoms with E-state index >= 15 is 0 Å². The van der Waals surface area contributed by atoms with Gasteiger partial charge in [0.2, 0.25) is 0 Å². The van der Waals surface area contributed by atoms with Crippen LogP contribution >= 0.6 is 0 Å². The van der Waals surface area contributed by atoms with Crippen molar-refractivity contribution >= 4 is 5.97 Å². The van der Waals surface area contributed by atoms with Crippen molar-refractivity contribution in [2.24, 2.45) is 0 Å². The van der Waals surface area contributed by atoms with Crippen molar-refractivity contribution in [2.75, 3.05) is 7.11 Å². The molecule has 0 aliphatic rings. The largest absolute Gasteiger partial charge is 0.497 e. The molecule has 0 saturated heterocycles. The zero-order chi connectivity index (χ0) is 18.9. The van der Waals surface area contributed by atoms with E-state index in [0.29, 0.717) is 12.3 Å². The molecule has 0 saturated carbocycles. The number of carboxylic acid groups (broad SMARTS) is 1. The highest BCUT2D eigenvalue weighted by atomic mass is 16.5. The van der Waals surface area contributed by atoms with Crippen molar-refractivity contribution in [2.45, 2.75) is 51.1 Å². The summed E-state index contributed by atoms with van der Waals surface area (Å²) < 4.78 is 5.22. The fraction of sp³-hybridized carbons (Fsp3) is 0.409. The summed E-state index contributed by atoms with van der Waals surface area (Å²) in [6.07, 6.45) is 1.62. The Labute approximate surface area is 156 Å². The highest BCUT2D eigenvalue weighted by Gasteiger charge is 2.19. The van der Waals surface area contributed by atoms with Crippen LogP contribution in [0.1, 0.15) is 43.7 Å². The predicted octanol–water partition coefficient (Wildman–Crippen LogP) is 4.25. The van der Waals surface area contributed by atoms with Crippen LogP contribution in [-0.4, -0.2) is 30.3 Å². The second kappa shape index (κ2) is 9.97. The van der Waals surface area contributed by atoms with Gasteiger partial charge in [-0.05, 0) is 48.9 Å². The molecule has 0 fully saturated rings. The second-order valence-electron chi connectivity index (χ2n) is 6.84. The summed E-state index contributed by atoms with van der Waals surface area (Å²) in [5.41, 5.74) is 2.46. The van der Waals surface area contributed by atoms with E-state index in [1.54, 1.807) is 7.11 Å². The van der Waals surface area contributed by atoms with Gasteiger partial charge in [0.25, 0.3) is 0 Å². The van der Waals surface area contributed by atoms with E-state index in [1.807, 2.05) is 30.3 Å². The summed E-state index contributed by atoms with van der Waals surface area (Å²) in [4.78, 5) is 11.0. The number of rotatable bonds is 10. The number of carboxylic acids is 1. The van der Waals surface area contributed by atoms with Crippen LogP contribution in [0, 0.1) is 0 Å². The molecule has 0 bridgehead atoms. The third-order valence-electron chi connectivity index (χ3n) is 4.92. The van der Waals surface area contributed by atoms with Crippen LogP contribution in [0.2, 0.25) is 0 Å². The Bertz CT molecular complexity index is 670.